The Hall–Kier alpha value is -0.330. The van der Waals surface area contributed by atoms with Crippen LogP contribution in [-0.4, -0.2) is 26.9 Å². The highest BCUT2D eigenvalue weighted by atomic mass is 35.5. The standard InChI is InChI=1S/C12H15Cl2NO3S/c13-10-2-1-3-11(14)9(10)6-8-7-18-5-4-12(8)19(15,16)17/h1-3,8,12H,4-7H2,(H2,15,16,17)/t8-,12-/m1/s1. The van der Waals surface area contributed by atoms with Gasteiger partial charge in [0.1, 0.15) is 0 Å². The molecule has 1 aliphatic heterocycles. The average molecular weight is 324 g/mol. The van der Waals surface area contributed by atoms with Crippen LogP contribution in [0.2, 0.25) is 10.0 Å². The zero-order valence-corrected chi connectivity index (χ0v) is 12.5. The molecule has 0 aromatic heterocycles. The second-order valence-electron chi connectivity index (χ2n) is 4.66. The van der Waals surface area contributed by atoms with E-state index >= 15 is 0 Å². The van der Waals surface area contributed by atoms with Gasteiger partial charge in [-0.15, -0.1) is 0 Å². The molecular weight excluding hydrogens is 309 g/mol. The van der Waals surface area contributed by atoms with E-state index < -0.39 is 15.3 Å². The van der Waals surface area contributed by atoms with Crippen molar-refractivity contribution in [3.05, 3.63) is 33.8 Å². The average Bonchev–Trinajstić information content (AvgIpc) is 2.33. The van der Waals surface area contributed by atoms with Gasteiger partial charge in [-0.05, 0) is 30.5 Å². The second kappa shape index (κ2) is 5.97. The van der Waals surface area contributed by atoms with Crippen LogP contribution in [0.25, 0.3) is 0 Å². The number of primary sulfonamides is 1. The number of halogens is 2. The van der Waals surface area contributed by atoms with Crippen LogP contribution in [0.1, 0.15) is 12.0 Å². The molecule has 0 saturated carbocycles. The van der Waals surface area contributed by atoms with Gasteiger partial charge in [-0.1, -0.05) is 29.3 Å². The molecule has 7 heteroatoms. The molecule has 0 unspecified atom stereocenters. The van der Waals surface area contributed by atoms with Gasteiger partial charge < -0.3 is 4.74 Å². The Bertz CT molecular complexity index is 542. The zero-order valence-electron chi connectivity index (χ0n) is 10.2. The number of nitrogens with two attached hydrogens (primary N) is 1. The van der Waals surface area contributed by atoms with Crippen molar-refractivity contribution in [3.63, 3.8) is 0 Å². The van der Waals surface area contributed by atoms with E-state index in [1.807, 2.05) is 0 Å². The topological polar surface area (TPSA) is 69.4 Å². The van der Waals surface area contributed by atoms with Gasteiger partial charge >= 0.3 is 0 Å². The van der Waals surface area contributed by atoms with E-state index in [9.17, 15) is 8.42 Å². The molecule has 1 heterocycles. The van der Waals surface area contributed by atoms with Crippen LogP contribution in [0.15, 0.2) is 18.2 Å². The van der Waals surface area contributed by atoms with Gasteiger partial charge in [0, 0.05) is 22.6 Å². The van der Waals surface area contributed by atoms with E-state index in [4.69, 9.17) is 33.1 Å². The first-order valence-electron chi connectivity index (χ1n) is 5.92. The van der Waals surface area contributed by atoms with Gasteiger partial charge in [-0.2, -0.15) is 0 Å². The first kappa shape index (κ1) is 15.1. The molecule has 2 rings (SSSR count). The molecule has 4 nitrogen and oxygen atoms in total. The van der Waals surface area contributed by atoms with E-state index in [0.29, 0.717) is 36.1 Å². The van der Waals surface area contributed by atoms with Crippen LogP contribution in [0.3, 0.4) is 0 Å². The van der Waals surface area contributed by atoms with Crippen LogP contribution < -0.4 is 5.14 Å². The summed E-state index contributed by atoms with van der Waals surface area (Å²) in [4.78, 5) is 0. The highest BCUT2D eigenvalue weighted by Gasteiger charge is 2.34. The number of sulfonamides is 1. The summed E-state index contributed by atoms with van der Waals surface area (Å²) < 4.78 is 28.6. The highest BCUT2D eigenvalue weighted by Crippen LogP contribution is 2.31. The summed E-state index contributed by atoms with van der Waals surface area (Å²) in [6.45, 7) is 0.760. The predicted octanol–water partition coefficient (Wildman–Crippen LogP) is 2.23. The van der Waals surface area contributed by atoms with Crippen molar-refractivity contribution in [2.45, 2.75) is 18.1 Å². The lowest BCUT2D eigenvalue weighted by atomic mass is 9.93. The van der Waals surface area contributed by atoms with E-state index in [-0.39, 0.29) is 5.92 Å². The monoisotopic (exact) mass is 323 g/mol. The molecule has 0 bridgehead atoms. The van der Waals surface area contributed by atoms with Gasteiger partial charge in [0.2, 0.25) is 10.0 Å². The third-order valence-corrected chi connectivity index (χ3v) is 5.53. The van der Waals surface area contributed by atoms with Gasteiger partial charge in [-0.3, -0.25) is 0 Å². The fourth-order valence-corrected chi connectivity index (χ4v) is 4.08. The number of hydrogen-bond donors (Lipinski definition) is 1. The van der Waals surface area contributed by atoms with Gasteiger partial charge in [0.15, 0.2) is 0 Å². The first-order chi connectivity index (χ1) is 8.89. The molecular formula is C12H15Cl2NO3S. The van der Waals surface area contributed by atoms with Crippen molar-refractivity contribution in [3.8, 4) is 0 Å². The molecule has 2 N–H and O–H groups in total. The van der Waals surface area contributed by atoms with Crippen LogP contribution >= 0.6 is 23.2 Å². The Balaban J connectivity index is 2.25. The summed E-state index contributed by atoms with van der Waals surface area (Å²) in [5.74, 6) is -0.221. The zero-order chi connectivity index (χ0) is 14.0. The third-order valence-electron chi connectivity index (χ3n) is 3.35. The molecule has 1 aromatic carbocycles. The molecule has 1 aromatic rings. The smallest absolute Gasteiger partial charge is 0.212 e. The minimum atomic E-state index is -3.59. The quantitative estimate of drug-likeness (QED) is 0.927. The van der Waals surface area contributed by atoms with Crippen LogP contribution in [0.5, 0.6) is 0 Å². The number of ether oxygens (including phenoxy) is 1. The fraction of sp³-hybridized carbons (Fsp3) is 0.500. The molecule has 0 radical (unpaired) electrons. The number of hydrogen-bond acceptors (Lipinski definition) is 3. The van der Waals surface area contributed by atoms with Gasteiger partial charge in [0.05, 0.1) is 11.9 Å². The molecule has 1 saturated heterocycles. The minimum absolute atomic E-state index is 0.221. The lowest BCUT2D eigenvalue weighted by Gasteiger charge is -2.30. The summed E-state index contributed by atoms with van der Waals surface area (Å²) in [7, 11) is -3.59. The first-order valence-corrected chi connectivity index (χ1v) is 8.28. The van der Waals surface area contributed by atoms with Crippen molar-refractivity contribution < 1.29 is 13.2 Å². The van der Waals surface area contributed by atoms with Crippen LogP contribution in [-0.2, 0) is 21.2 Å². The highest BCUT2D eigenvalue weighted by molar-refractivity contribution is 7.89. The molecule has 0 amide bonds. The predicted molar refractivity (Wildman–Crippen MR) is 76.0 cm³/mol. The Morgan fingerprint density at radius 1 is 1.32 bits per heavy atom. The molecule has 2 atom stereocenters. The lowest BCUT2D eigenvalue weighted by Crippen LogP contribution is -2.42. The molecule has 0 aliphatic carbocycles. The Morgan fingerprint density at radius 2 is 1.95 bits per heavy atom. The normalized spacial score (nSPS) is 24.4. The van der Waals surface area contributed by atoms with E-state index in [2.05, 4.69) is 0 Å². The molecule has 1 aliphatic rings. The maximum absolute atomic E-state index is 11.6. The third kappa shape index (κ3) is 3.61. The minimum Gasteiger partial charge on any atom is -0.381 e. The van der Waals surface area contributed by atoms with Crippen molar-refractivity contribution in [1.29, 1.82) is 0 Å². The van der Waals surface area contributed by atoms with Crippen molar-refractivity contribution >= 4 is 33.2 Å². The Morgan fingerprint density at radius 3 is 2.53 bits per heavy atom. The van der Waals surface area contributed by atoms with Gasteiger partial charge in [0.25, 0.3) is 0 Å². The molecule has 106 valence electrons. The Kier molecular flexibility index (Phi) is 4.74. The fourth-order valence-electron chi connectivity index (χ4n) is 2.39. The van der Waals surface area contributed by atoms with Crippen LogP contribution in [0.4, 0.5) is 0 Å². The summed E-state index contributed by atoms with van der Waals surface area (Å²) in [6.07, 6.45) is 0.852. The van der Waals surface area contributed by atoms with Crippen molar-refractivity contribution in [1.82, 2.24) is 0 Å². The summed E-state index contributed by atoms with van der Waals surface area (Å²) >= 11 is 12.2. The summed E-state index contributed by atoms with van der Waals surface area (Å²) in [6, 6.07) is 5.22. The number of rotatable bonds is 3. The van der Waals surface area contributed by atoms with Crippen molar-refractivity contribution in [2.75, 3.05) is 13.2 Å². The summed E-state index contributed by atoms with van der Waals surface area (Å²) in [5, 5.41) is 5.74. The molecule has 1 fully saturated rings. The molecule has 0 spiro atoms. The van der Waals surface area contributed by atoms with E-state index in [1.54, 1.807) is 18.2 Å². The lowest BCUT2D eigenvalue weighted by molar-refractivity contribution is 0.0573. The Labute approximate surface area is 122 Å². The van der Waals surface area contributed by atoms with Gasteiger partial charge in [-0.25, -0.2) is 13.6 Å². The molecule has 19 heavy (non-hydrogen) atoms. The van der Waals surface area contributed by atoms with Crippen molar-refractivity contribution in [2.24, 2.45) is 11.1 Å². The maximum Gasteiger partial charge on any atom is 0.212 e. The van der Waals surface area contributed by atoms with E-state index in [1.165, 1.54) is 0 Å². The number of benzene rings is 1. The second-order valence-corrected chi connectivity index (χ2v) is 7.25. The maximum atomic E-state index is 11.6. The largest absolute Gasteiger partial charge is 0.381 e. The SMILES string of the molecule is NS(=O)(=O)[C@@H]1CCOC[C@H]1Cc1c(Cl)cccc1Cl. The summed E-state index contributed by atoms with van der Waals surface area (Å²) in [5.41, 5.74) is 0.745. The van der Waals surface area contributed by atoms with Crippen LogP contribution in [0, 0.1) is 5.92 Å². The van der Waals surface area contributed by atoms with E-state index in [0.717, 1.165) is 5.56 Å².